The van der Waals surface area contributed by atoms with Crippen LogP contribution in [0.5, 0.6) is 0 Å². The molecular weight excluding hydrogens is 396 g/mol. The molecule has 4 rings (SSSR count). The van der Waals surface area contributed by atoms with Crippen molar-refractivity contribution in [3.05, 3.63) is 35.7 Å². The number of carbonyl (C=O) groups excluding carboxylic acids is 2. The van der Waals surface area contributed by atoms with Gasteiger partial charge in [0, 0.05) is 39.3 Å². The molecule has 3 aromatic rings. The van der Waals surface area contributed by atoms with Gasteiger partial charge >= 0.3 is 0 Å². The lowest BCUT2D eigenvalue weighted by atomic mass is 10.1. The van der Waals surface area contributed by atoms with E-state index >= 15 is 0 Å². The smallest absolute Gasteiger partial charge is 0.254 e. The minimum atomic E-state index is -0.0532. The summed E-state index contributed by atoms with van der Waals surface area (Å²) in [4.78, 5) is 34.1. The Morgan fingerprint density at radius 3 is 2.61 bits per heavy atom. The molecule has 9 heteroatoms. The molecule has 9 nitrogen and oxygen atoms in total. The summed E-state index contributed by atoms with van der Waals surface area (Å²) in [6, 6.07) is 5.54. The number of fused-ring (bicyclic) bond motifs is 1. The molecule has 1 saturated heterocycles. The second kappa shape index (κ2) is 8.50. The number of aromatic nitrogens is 3. The largest absolute Gasteiger partial charge is 0.463 e. The van der Waals surface area contributed by atoms with Crippen LogP contribution < -0.4 is 5.32 Å². The number of rotatable bonds is 5. The molecule has 31 heavy (non-hydrogen) atoms. The van der Waals surface area contributed by atoms with Gasteiger partial charge in [-0.15, -0.1) is 0 Å². The average molecular weight is 425 g/mol. The first-order chi connectivity index (χ1) is 14.8. The number of nitrogens with one attached hydrogen (secondary N) is 1. The normalized spacial score (nSPS) is 15.1. The van der Waals surface area contributed by atoms with Crippen LogP contribution in [0.25, 0.3) is 22.5 Å². The Bertz CT molecular complexity index is 1090. The van der Waals surface area contributed by atoms with Gasteiger partial charge in [0.15, 0.2) is 11.4 Å². The summed E-state index contributed by atoms with van der Waals surface area (Å²) in [6.07, 6.45) is 1.59. The predicted molar refractivity (Wildman–Crippen MR) is 117 cm³/mol. The maximum Gasteiger partial charge on any atom is 0.254 e. The number of aryl methyl sites for hydroxylation is 2. The van der Waals surface area contributed by atoms with E-state index < -0.39 is 0 Å². The highest BCUT2D eigenvalue weighted by Crippen LogP contribution is 2.28. The fraction of sp³-hybridized carbons (Fsp3) is 0.455. The SMILES string of the molecule is Cc1nn(C)c2nc(-c3ccco3)cc(C(=O)N3CCN(CC(=O)NC(C)C)CC3)c12. The molecule has 1 fully saturated rings. The number of nitrogens with zero attached hydrogens (tertiary/aromatic N) is 5. The van der Waals surface area contributed by atoms with Crippen LogP contribution in [-0.2, 0) is 11.8 Å². The maximum absolute atomic E-state index is 13.5. The van der Waals surface area contributed by atoms with E-state index in [-0.39, 0.29) is 17.9 Å². The third-order valence-corrected chi connectivity index (χ3v) is 5.45. The minimum Gasteiger partial charge on any atom is -0.463 e. The van der Waals surface area contributed by atoms with Gasteiger partial charge < -0.3 is 14.6 Å². The van der Waals surface area contributed by atoms with E-state index in [9.17, 15) is 9.59 Å². The van der Waals surface area contributed by atoms with E-state index in [4.69, 9.17) is 4.42 Å². The Morgan fingerprint density at radius 2 is 1.97 bits per heavy atom. The number of pyridine rings is 1. The fourth-order valence-electron chi connectivity index (χ4n) is 4.01. The topological polar surface area (TPSA) is 96.5 Å². The van der Waals surface area contributed by atoms with Crippen molar-refractivity contribution in [2.75, 3.05) is 32.7 Å². The van der Waals surface area contributed by atoms with Crippen molar-refractivity contribution in [1.82, 2.24) is 29.9 Å². The molecule has 0 radical (unpaired) electrons. The van der Waals surface area contributed by atoms with Crippen LogP contribution in [-0.4, -0.2) is 75.1 Å². The van der Waals surface area contributed by atoms with E-state index in [0.29, 0.717) is 55.4 Å². The summed E-state index contributed by atoms with van der Waals surface area (Å²) >= 11 is 0. The first kappa shape index (κ1) is 21.0. The van der Waals surface area contributed by atoms with Crippen molar-refractivity contribution in [2.45, 2.75) is 26.8 Å². The highest BCUT2D eigenvalue weighted by molar-refractivity contribution is 6.07. The van der Waals surface area contributed by atoms with Gasteiger partial charge in [-0.2, -0.15) is 5.10 Å². The summed E-state index contributed by atoms with van der Waals surface area (Å²) < 4.78 is 7.21. The van der Waals surface area contributed by atoms with Crippen molar-refractivity contribution >= 4 is 22.8 Å². The van der Waals surface area contributed by atoms with Gasteiger partial charge in [0.2, 0.25) is 5.91 Å². The zero-order valence-corrected chi connectivity index (χ0v) is 18.4. The molecule has 0 aliphatic carbocycles. The van der Waals surface area contributed by atoms with Gasteiger partial charge in [-0.05, 0) is 39.0 Å². The highest BCUT2D eigenvalue weighted by Gasteiger charge is 2.27. The molecule has 2 amide bonds. The van der Waals surface area contributed by atoms with Crippen LogP contribution in [0.15, 0.2) is 28.9 Å². The Hall–Kier alpha value is -3.20. The molecule has 0 aromatic carbocycles. The van der Waals surface area contributed by atoms with E-state index in [0.717, 1.165) is 11.1 Å². The Balaban J connectivity index is 1.56. The minimum absolute atomic E-state index is 0.0136. The zero-order valence-electron chi connectivity index (χ0n) is 18.4. The lowest BCUT2D eigenvalue weighted by Gasteiger charge is -2.34. The first-order valence-corrected chi connectivity index (χ1v) is 10.5. The lowest BCUT2D eigenvalue weighted by Crippen LogP contribution is -2.51. The van der Waals surface area contributed by atoms with Gasteiger partial charge in [0.1, 0.15) is 5.69 Å². The van der Waals surface area contributed by atoms with Crippen LogP contribution in [0.1, 0.15) is 29.9 Å². The van der Waals surface area contributed by atoms with E-state index in [1.165, 1.54) is 0 Å². The summed E-state index contributed by atoms with van der Waals surface area (Å²) in [5, 5.41) is 8.15. The van der Waals surface area contributed by atoms with Crippen molar-refractivity contribution in [1.29, 1.82) is 0 Å². The molecule has 3 aromatic heterocycles. The summed E-state index contributed by atoms with van der Waals surface area (Å²) in [5.74, 6) is 0.568. The summed E-state index contributed by atoms with van der Waals surface area (Å²) in [7, 11) is 1.82. The molecule has 0 unspecified atom stereocenters. The third-order valence-electron chi connectivity index (χ3n) is 5.45. The number of carbonyl (C=O) groups is 2. The maximum atomic E-state index is 13.5. The standard InChI is InChI=1S/C22H28N6O3/c1-14(2)23-19(29)13-27-7-9-28(10-8-27)22(30)16-12-17(18-6-5-11-31-18)24-21-20(16)15(3)25-26(21)4/h5-6,11-12,14H,7-10,13H2,1-4H3,(H,23,29). The third kappa shape index (κ3) is 4.32. The number of piperazine rings is 1. The molecule has 1 N–H and O–H groups in total. The van der Waals surface area contributed by atoms with Crippen LogP contribution in [0.3, 0.4) is 0 Å². The van der Waals surface area contributed by atoms with Crippen molar-refractivity contribution < 1.29 is 14.0 Å². The zero-order chi connectivity index (χ0) is 22.1. The van der Waals surface area contributed by atoms with E-state index in [1.807, 2.05) is 38.8 Å². The van der Waals surface area contributed by atoms with Crippen LogP contribution in [0, 0.1) is 6.92 Å². The van der Waals surface area contributed by atoms with Gasteiger partial charge in [0.25, 0.3) is 5.91 Å². The number of hydrogen-bond acceptors (Lipinski definition) is 6. The highest BCUT2D eigenvalue weighted by atomic mass is 16.3. The van der Waals surface area contributed by atoms with Gasteiger partial charge in [-0.3, -0.25) is 19.2 Å². The second-order valence-electron chi connectivity index (χ2n) is 8.23. The molecule has 164 valence electrons. The Kier molecular flexibility index (Phi) is 5.77. The van der Waals surface area contributed by atoms with Gasteiger partial charge in [-0.25, -0.2) is 4.98 Å². The average Bonchev–Trinajstić information content (AvgIpc) is 3.35. The summed E-state index contributed by atoms with van der Waals surface area (Å²) in [6.45, 7) is 8.57. The molecule has 0 saturated carbocycles. The second-order valence-corrected chi connectivity index (χ2v) is 8.23. The van der Waals surface area contributed by atoms with Gasteiger partial charge in [-0.1, -0.05) is 0 Å². The van der Waals surface area contributed by atoms with Crippen LogP contribution >= 0.6 is 0 Å². The molecule has 1 aliphatic rings. The molecule has 0 bridgehead atoms. The Morgan fingerprint density at radius 1 is 1.23 bits per heavy atom. The van der Waals surface area contributed by atoms with Crippen molar-refractivity contribution in [3.8, 4) is 11.5 Å². The Labute approximate surface area is 181 Å². The van der Waals surface area contributed by atoms with E-state index in [1.54, 1.807) is 23.1 Å². The molecule has 4 heterocycles. The monoisotopic (exact) mass is 424 g/mol. The van der Waals surface area contributed by atoms with Gasteiger partial charge in [0.05, 0.1) is 29.5 Å². The quantitative estimate of drug-likeness (QED) is 0.671. The predicted octanol–water partition coefficient (Wildman–Crippen LogP) is 1.82. The molecule has 0 spiro atoms. The van der Waals surface area contributed by atoms with Crippen molar-refractivity contribution in [3.63, 3.8) is 0 Å². The number of furan rings is 1. The first-order valence-electron chi connectivity index (χ1n) is 10.5. The molecular formula is C22H28N6O3. The number of amides is 2. The summed E-state index contributed by atoms with van der Waals surface area (Å²) in [5.41, 5.74) is 2.60. The van der Waals surface area contributed by atoms with E-state index in [2.05, 4.69) is 20.3 Å². The van der Waals surface area contributed by atoms with Crippen LogP contribution in [0.4, 0.5) is 0 Å². The van der Waals surface area contributed by atoms with Crippen LogP contribution in [0.2, 0.25) is 0 Å². The fourth-order valence-corrected chi connectivity index (χ4v) is 4.01. The lowest BCUT2D eigenvalue weighted by molar-refractivity contribution is -0.123. The molecule has 0 atom stereocenters. The number of hydrogen-bond donors (Lipinski definition) is 1. The molecule has 1 aliphatic heterocycles. The van der Waals surface area contributed by atoms with Crippen molar-refractivity contribution in [2.24, 2.45) is 7.05 Å².